The topological polar surface area (TPSA) is 93.2 Å². The van der Waals surface area contributed by atoms with E-state index in [-0.39, 0.29) is 17.7 Å². The molecule has 0 saturated carbocycles. The van der Waals surface area contributed by atoms with Gasteiger partial charge in [0, 0.05) is 25.3 Å². The molecule has 2 aromatic rings. The molecule has 0 aliphatic carbocycles. The van der Waals surface area contributed by atoms with Crippen LogP contribution in [-0.2, 0) is 6.54 Å². The summed E-state index contributed by atoms with van der Waals surface area (Å²) in [5, 5.41) is 16.8. The van der Waals surface area contributed by atoms with Gasteiger partial charge in [0.25, 0.3) is 5.91 Å². The summed E-state index contributed by atoms with van der Waals surface area (Å²) in [7, 11) is 0. The van der Waals surface area contributed by atoms with E-state index in [0.717, 1.165) is 0 Å². The van der Waals surface area contributed by atoms with E-state index >= 15 is 0 Å². The van der Waals surface area contributed by atoms with Gasteiger partial charge >= 0.3 is 0 Å². The number of rotatable bonds is 4. The normalized spacial score (nSPS) is 17.1. The number of aromatic nitrogens is 2. The third kappa shape index (κ3) is 2.83. The van der Waals surface area contributed by atoms with Gasteiger partial charge in [0.2, 0.25) is 0 Å². The van der Waals surface area contributed by atoms with Gasteiger partial charge in [-0.2, -0.15) is 5.10 Å². The zero-order valence-corrected chi connectivity index (χ0v) is 13.0. The van der Waals surface area contributed by atoms with Gasteiger partial charge in [-0.1, -0.05) is 11.6 Å². The van der Waals surface area contributed by atoms with Crippen LogP contribution in [0.2, 0.25) is 5.02 Å². The molecule has 23 heavy (non-hydrogen) atoms. The lowest BCUT2D eigenvalue weighted by Crippen LogP contribution is -2.35. The minimum absolute atomic E-state index is 0.00919. The smallest absolute Gasteiger partial charge is 0.252 e. The van der Waals surface area contributed by atoms with Crippen LogP contribution in [0, 0.1) is 5.82 Å². The Bertz CT molecular complexity index is 762. The highest BCUT2D eigenvalue weighted by Gasteiger charge is 2.29. The molecule has 1 unspecified atom stereocenters. The zero-order chi connectivity index (χ0) is 16.6. The van der Waals surface area contributed by atoms with Crippen molar-refractivity contribution in [3.63, 3.8) is 0 Å². The highest BCUT2D eigenvalue weighted by atomic mass is 35.5. The molecule has 1 aromatic heterocycles. The van der Waals surface area contributed by atoms with Crippen molar-refractivity contribution < 1.29 is 14.3 Å². The van der Waals surface area contributed by atoms with Crippen LogP contribution in [0.1, 0.15) is 28.5 Å². The number of aliphatic hydroxyl groups excluding tert-OH is 1. The Morgan fingerprint density at radius 2 is 2.35 bits per heavy atom. The number of benzene rings is 1. The van der Waals surface area contributed by atoms with Gasteiger partial charge in [0.15, 0.2) is 0 Å². The first-order chi connectivity index (χ1) is 11.0. The fourth-order valence-corrected chi connectivity index (χ4v) is 3.04. The summed E-state index contributed by atoms with van der Waals surface area (Å²) >= 11 is 5.83. The summed E-state index contributed by atoms with van der Waals surface area (Å²) < 4.78 is 15.1. The van der Waals surface area contributed by atoms with Crippen LogP contribution < -0.4 is 11.1 Å². The van der Waals surface area contributed by atoms with Crippen molar-refractivity contribution in [3.8, 4) is 11.3 Å². The number of fused-ring (bicyclic) bond motifs is 1. The highest BCUT2D eigenvalue weighted by Crippen LogP contribution is 2.31. The first kappa shape index (κ1) is 15.9. The third-order valence-corrected chi connectivity index (χ3v) is 4.22. The molecule has 2 heterocycles. The largest absolute Gasteiger partial charge is 0.396 e. The van der Waals surface area contributed by atoms with Gasteiger partial charge in [0.05, 0.1) is 22.3 Å². The molecule has 3 rings (SSSR count). The number of nitrogens with zero attached hydrogens (tertiary/aromatic N) is 2. The van der Waals surface area contributed by atoms with E-state index in [1.54, 1.807) is 4.68 Å². The highest BCUT2D eigenvalue weighted by molar-refractivity contribution is 6.31. The fourth-order valence-electron chi connectivity index (χ4n) is 2.86. The Hall–Kier alpha value is -1.96. The van der Waals surface area contributed by atoms with Crippen molar-refractivity contribution in [2.24, 2.45) is 5.73 Å². The van der Waals surface area contributed by atoms with Crippen molar-refractivity contribution in [1.29, 1.82) is 0 Å². The SMILES string of the molecule is NC(=O)c1c(-c2ccc(F)c(Cl)c2)nn2c1CNCC2CCO. The van der Waals surface area contributed by atoms with Crippen LogP contribution in [0.25, 0.3) is 11.3 Å². The maximum absolute atomic E-state index is 13.4. The van der Waals surface area contributed by atoms with E-state index in [0.29, 0.717) is 42.0 Å². The number of nitrogens with two attached hydrogens (primary N) is 1. The molecule has 0 bridgehead atoms. The second-order valence-electron chi connectivity index (χ2n) is 5.41. The van der Waals surface area contributed by atoms with Gasteiger partial charge in [-0.3, -0.25) is 9.48 Å². The number of halogens is 2. The third-order valence-electron chi connectivity index (χ3n) is 3.93. The number of primary amides is 1. The van der Waals surface area contributed by atoms with E-state index in [4.69, 9.17) is 17.3 Å². The van der Waals surface area contributed by atoms with Gasteiger partial charge in [-0.05, 0) is 24.6 Å². The predicted octanol–water partition coefficient (Wildman–Crippen LogP) is 1.47. The summed E-state index contributed by atoms with van der Waals surface area (Å²) in [4.78, 5) is 11.9. The molecule has 8 heteroatoms. The second-order valence-corrected chi connectivity index (χ2v) is 5.81. The van der Waals surface area contributed by atoms with Crippen LogP contribution in [0.3, 0.4) is 0 Å². The molecular weight excluding hydrogens is 323 g/mol. The zero-order valence-electron chi connectivity index (χ0n) is 12.2. The van der Waals surface area contributed by atoms with Crippen LogP contribution in [0.5, 0.6) is 0 Å². The lowest BCUT2D eigenvalue weighted by molar-refractivity contribution is 0.0999. The number of carbonyl (C=O) groups excluding carboxylic acids is 1. The maximum Gasteiger partial charge on any atom is 0.252 e. The molecule has 122 valence electrons. The van der Waals surface area contributed by atoms with E-state index in [1.807, 2.05) is 0 Å². The number of aliphatic hydroxyl groups is 1. The summed E-state index contributed by atoms with van der Waals surface area (Å²) in [6, 6.07) is 4.08. The quantitative estimate of drug-likeness (QED) is 0.787. The van der Waals surface area contributed by atoms with Gasteiger partial charge < -0.3 is 16.2 Å². The van der Waals surface area contributed by atoms with Crippen molar-refractivity contribution in [3.05, 3.63) is 40.3 Å². The van der Waals surface area contributed by atoms with Gasteiger partial charge in [0.1, 0.15) is 11.5 Å². The van der Waals surface area contributed by atoms with Crippen LogP contribution in [0.15, 0.2) is 18.2 Å². The molecule has 6 nitrogen and oxygen atoms in total. The summed E-state index contributed by atoms with van der Waals surface area (Å²) in [6.07, 6.45) is 0.503. The van der Waals surface area contributed by atoms with Gasteiger partial charge in [-0.25, -0.2) is 4.39 Å². The Kier molecular flexibility index (Phi) is 4.34. The monoisotopic (exact) mass is 338 g/mol. The van der Waals surface area contributed by atoms with Crippen molar-refractivity contribution in [1.82, 2.24) is 15.1 Å². The number of nitrogens with one attached hydrogen (secondary N) is 1. The Morgan fingerprint density at radius 3 is 3.00 bits per heavy atom. The summed E-state index contributed by atoms with van der Waals surface area (Å²) in [5.74, 6) is -1.15. The summed E-state index contributed by atoms with van der Waals surface area (Å²) in [6.45, 7) is 1.09. The van der Waals surface area contributed by atoms with Crippen LogP contribution >= 0.6 is 11.6 Å². The molecule has 4 N–H and O–H groups in total. The van der Waals surface area contributed by atoms with Gasteiger partial charge in [-0.15, -0.1) is 0 Å². The second kappa shape index (κ2) is 6.27. The first-order valence-corrected chi connectivity index (χ1v) is 7.59. The number of carbonyl (C=O) groups is 1. The average molecular weight is 339 g/mol. The molecule has 1 aliphatic rings. The first-order valence-electron chi connectivity index (χ1n) is 7.21. The molecule has 0 spiro atoms. The number of hydrogen-bond acceptors (Lipinski definition) is 4. The Labute approximate surface area is 137 Å². The molecule has 1 aromatic carbocycles. The Morgan fingerprint density at radius 1 is 1.57 bits per heavy atom. The lowest BCUT2D eigenvalue weighted by atomic mass is 10.0. The van der Waals surface area contributed by atoms with Crippen molar-refractivity contribution in [2.75, 3.05) is 13.2 Å². The fraction of sp³-hybridized carbons (Fsp3) is 0.333. The molecule has 0 radical (unpaired) electrons. The summed E-state index contributed by atoms with van der Waals surface area (Å²) in [5.41, 5.74) is 7.39. The minimum atomic E-state index is -0.604. The number of hydrogen-bond donors (Lipinski definition) is 3. The van der Waals surface area contributed by atoms with Crippen molar-refractivity contribution >= 4 is 17.5 Å². The minimum Gasteiger partial charge on any atom is -0.396 e. The molecular formula is C15H16ClFN4O2. The molecule has 1 amide bonds. The van der Waals surface area contributed by atoms with Crippen LogP contribution in [0.4, 0.5) is 4.39 Å². The van der Waals surface area contributed by atoms with E-state index in [2.05, 4.69) is 10.4 Å². The average Bonchev–Trinajstić information content (AvgIpc) is 2.91. The van der Waals surface area contributed by atoms with E-state index in [9.17, 15) is 14.3 Å². The molecule has 0 fully saturated rings. The predicted molar refractivity (Wildman–Crippen MR) is 83.6 cm³/mol. The van der Waals surface area contributed by atoms with E-state index < -0.39 is 11.7 Å². The molecule has 1 aliphatic heterocycles. The van der Waals surface area contributed by atoms with Crippen molar-refractivity contribution in [2.45, 2.75) is 19.0 Å². The lowest BCUT2D eigenvalue weighted by Gasteiger charge is -2.25. The van der Waals surface area contributed by atoms with E-state index in [1.165, 1.54) is 18.2 Å². The standard InChI is InChI=1S/C15H16ClFN4O2/c16-10-5-8(1-2-11(10)17)14-13(15(18)23)12-7-19-6-9(3-4-22)21(12)20-14/h1-2,5,9,19,22H,3-4,6-7H2,(H2,18,23). The maximum atomic E-state index is 13.4. The molecule has 1 atom stereocenters. The van der Waals surface area contributed by atoms with Crippen LogP contribution in [-0.4, -0.2) is 33.9 Å². The molecule has 0 saturated heterocycles. The Balaban J connectivity index is 2.17. The number of amides is 1.